The number of nitrogens with one attached hydrogen (secondary N) is 1. The number of carbonyl (C=O) groups excluding carboxylic acids is 1. The zero-order valence-electron chi connectivity index (χ0n) is 8.62. The van der Waals surface area contributed by atoms with Crippen LogP contribution in [0.5, 0.6) is 0 Å². The van der Waals surface area contributed by atoms with E-state index in [1.54, 1.807) is 24.3 Å². The smallest absolute Gasteiger partial charge is 0.231 e. The van der Waals surface area contributed by atoms with Gasteiger partial charge in [0, 0.05) is 11.5 Å². The van der Waals surface area contributed by atoms with Crippen LogP contribution in [0.25, 0.3) is 0 Å². The van der Waals surface area contributed by atoms with E-state index in [2.05, 4.69) is 20.1 Å². The van der Waals surface area contributed by atoms with Crippen molar-refractivity contribution in [3.63, 3.8) is 0 Å². The molecule has 7 heteroatoms. The van der Waals surface area contributed by atoms with Crippen LogP contribution in [0.4, 0.5) is 5.13 Å². The molecule has 0 radical (unpaired) electrons. The monoisotopic (exact) mass is 245 g/mol. The molecule has 0 aliphatic rings. The summed E-state index contributed by atoms with van der Waals surface area (Å²) in [5.74, 6) is -0.187. The third-order valence-corrected chi connectivity index (χ3v) is 2.50. The minimum Gasteiger partial charge on any atom is -0.299 e. The van der Waals surface area contributed by atoms with Crippen LogP contribution in [0.1, 0.15) is 11.1 Å². The lowest BCUT2D eigenvalue weighted by Crippen LogP contribution is -2.14. The Balaban J connectivity index is 1.96. The highest BCUT2D eigenvalue weighted by molar-refractivity contribution is 7.09. The van der Waals surface area contributed by atoms with E-state index in [-0.39, 0.29) is 12.3 Å². The molecular weight excluding hydrogens is 238 g/mol. The van der Waals surface area contributed by atoms with Crippen molar-refractivity contribution in [3.8, 4) is 6.07 Å². The van der Waals surface area contributed by atoms with Gasteiger partial charge in [0.25, 0.3) is 0 Å². The molecule has 1 heterocycles. The lowest BCUT2D eigenvalue weighted by Gasteiger charge is -2.00. The number of amides is 1. The minimum atomic E-state index is -0.187. The van der Waals surface area contributed by atoms with Crippen molar-refractivity contribution in [3.05, 3.63) is 35.4 Å². The van der Waals surface area contributed by atoms with Gasteiger partial charge in [-0.25, -0.2) is 0 Å². The molecule has 1 aromatic carbocycles. The van der Waals surface area contributed by atoms with Gasteiger partial charge in [0.1, 0.15) is 0 Å². The van der Waals surface area contributed by atoms with Crippen LogP contribution in [0.3, 0.4) is 0 Å². The first-order valence-electron chi connectivity index (χ1n) is 4.72. The molecule has 84 valence electrons. The predicted molar refractivity (Wildman–Crippen MR) is 61.2 cm³/mol. The second-order valence-corrected chi connectivity index (χ2v) is 3.93. The van der Waals surface area contributed by atoms with Gasteiger partial charge in [-0.05, 0) is 22.9 Å². The number of nitriles is 1. The quantitative estimate of drug-likeness (QED) is 0.870. The van der Waals surface area contributed by atoms with E-state index in [0.717, 1.165) is 17.1 Å². The fraction of sp³-hybridized carbons (Fsp3) is 0.100. The van der Waals surface area contributed by atoms with Gasteiger partial charge < -0.3 is 0 Å². The number of rotatable bonds is 3. The van der Waals surface area contributed by atoms with Crippen LogP contribution in [0, 0.1) is 11.3 Å². The summed E-state index contributed by atoms with van der Waals surface area (Å²) in [4.78, 5) is 11.6. The lowest BCUT2D eigenvalue weighted by molar-refractivity contribution is -0.115. The molecule has 6 nitrogen and oxygen atoms in total. The second-order valence-electron chi connectivity index (χ2n) is 3.20. The highest BCUT2D eigenvalue weighted by Crippen LogP contribution is 2.08. The second kappa shape index (κ2) is 5.14. The van der Waals surface area contributed by atoms with Gasteiger partial charge in [0.05, 0.1) is 18.1 Å². The average molecular weight is 245 g/mol. The molecular formula is C10H7N5OS. The zero-order valence-corrected chi connectivity index (χ0v) is 9.44. The maximum Gasteiger partial charge on any atom is 0.231 e. The molecule has 0 spiro atoms. The van der Waals surface area contributed by atoms with Gasteiger partial charge in [0.15, 0.2) is 0 Å². The summed E-state index contributed by atoms with van der Waals surface area (Å²) < 4.78 is 3.53. The molecule has 2 rings (SSSR count). The molecule has 0 saturated carbocycles. The van der Waals surface area contributed by atoms with Crippen LogP contribution < -0.4 is 5.32 Å². The normalized spacial score (nSPS) is 9.59. The largest absolute Gasteiger partial charge is 0.299 e. The Bertz CT molecular complexity index is 543. The molecule has 0 saturated heterocycles. The average Bonchev–Trinajstić information content (AvgIpc) is 2.82. The van der Waals surface area contributed by atoms with Crippen molar-refractivity contribution >= 4 is 22.6 Å². The Kier molecular flexibility index (Phi) is 3.37. The van der Waals surface area contributed by atoms with Gasteiger partial charge in [-0.3, -0.25) is 10.1 Å². The van der Waals surface area contributed by atoms with E-state index in [4.69, 9.17) is 5.26 Å². The van der Waals surface area contributed by atoms with Crippen molar-refractivity contribution in [2.75, 3.05) is 5.32 Å². The zero-order chi connectivity index (χ0) is 12.1. The lowest BCUT2D eigenvalue weighted by atomic mass is 10.1. The van der Waals surface area contributed by atoms with Gasteiger partial charge in [-0.2, -0.15) is 5.26 Å². The van der Waals surface area contributed by atoms with Gasteiger partial charge in [0.2, 0.25) is 11.0 Å². The molecule has 1 aromatic heterocycles. The topological polar surface area (TPSA) is 91.6 Å². The van der Waals surface area contributed by atoms with Crippen LogP contribution in [-0.2, 0) is 11.2 Å². The predicted octanol–water partition coefficient (Wildman–Crippen LogP) is 0.986. The Labute approximate surface area is 101 Å². The fourth-order valence-corrected chi connectivity index (χ4v) is 1.61. The summed E-state index contributed by atoms with van der Waals surface area (Å²) in [6.45, 7) is 0. The molecule has 1 N–H and O–H groups in total. The summed E-state index contributed by atoms with van der Waals surface area (Å²) in [7, 11) is 0. The standard InChI is InChI=1S/C10H7N5OS/c11-6-8-3-1-7(2-4-8)5-9(16)12-10-13-14-15-17-10/h1-4H,5H2,(H,12,13,15,16). The molecule has 0 bridgehead atoms. The molecule has 17 heavy (non-hydrogen) atoms. The van der Waals surface area contributed by atoms with Gasteiger partial charge in [-0.1, -0.05) is 21.7 Å². The number of aromatic nitrogens is 3. The number of carbonyl (C=O) groups is 1. The first-order chi connectivity index (χ1) is 8.28. The highest BCUT2D eigenvalue weighted by Gasteiger charge is 2.06. The summed E-state index contributed by atoms with van der Waals surface area (Å²) >= 11 is 1.02. The highest BCUT2D eigenvalue weighted by atomic mass is 32.1. The first-order valence-corrected chi connectivity index (χ1v) is 5.49. The molecule has 1 amide bonds. The van der Waals surface area contributed by atoms with Crippen molar-refractivity contribution in [2.45, 2.75) is 6.42 Å². The number of benzene rings is 1. The van der Waals surface area contributed by atoms with Crippen LogP contribution in [-0.4, -0.2) is 20.7 Å². The van der Waals surface area contributed by atoms with Crippen LogP contribution >= 0.6 is 11.5 Å². The van der Waals surface area contributed by atoms with Crippen molar-refractivity contribution < 1.29 is 4.79 Å². The maximum atomic E-state index is 11.6. The van der Waals surface area contributed by atoms with Gasteiger partial charge in [-0.15, -0.1) is 0 Å². The Morgan fingerprint density at radius 3 is 2.76 bits per heavy atom. The maximum absolute atomic E-state index is 11.6. The Morgan fingerprint density at radius 1 is 1.41 bits per heavy atom. The molecule has 0 aliphatic heterocycles. The van der Waals surface area contributed by atoms with E-state index < -0.39 is 0 Å². The van der Waals surface area contributed by atoms with E-state index in [1.807, 2.05) is 6.07 Å². The Morgan fingerprint density at radius 2 is 2.18 bits per heavy atom. The van der Waals surface area contributed by atoms with Gasteiger partial charge >= 0.3 is 0 Å². The van der Waals surface area contributed by atoms with Crippen LogP contribution in [0.2, 0.25) is 0 Å². The van der Waals surface area contributed by atoms with E-state index >= 15 is 0 Å². The van der Waals surface area contributed by atoms with Crippen molar-refractivity contribution in [2.24, 2.45) is 0 Å². The molecule has 2 aromatic rings. The van der Waals surface area contributed by atoms with E-state index in [9.17, 15) is 4.79 Å². The third-order valence-electron chi connectivity index (χ3n) is 1.99. The number of hydrogen-bond donors (Lipinski definition) is 1. The fourth-order valence-electron chi connectivity index (χ4n) is 1.23. The minimum absolute atomic E-state index is 0.187. The summed E-state index contributed by atoms with van der Waals surface area (Å²) in [6.07, 6.45) is 0.227. The van der Waals surface area contributed by atoms with E-state index in [1.165, 1.54) is 0 Å². The molecule has 0 aliphatic carbocycles. The molecule has 0 atom stereocenters. The number of hydrogen-bond acceptors (Lipinski definition) is 6. The summed E-state index contributed by atoms with van der Waals surface area (Å²) in [5, 5.41) is 18.6. The van der Waals surface area contributed by atoms with Crippen molar-refractivity contribution in [1.29, 1.82) is 5.26 Å². The van der Waals surface area contributed by atoms with Crippen LogP contribution in [0.15, 0.2) is 24.3 Å². The molecule has 0 fully saturated rings. The molecule has 0 unspecified atom stereocenters. The summed E-state index contributed by atoms with van der Waals surface area (Å²) in [5.41, 5.74) is 1.40. The first kappa shape index (κ1) is 11.2. The van der Waals surface area contributed by atoms with E-state index in [0.29, 0.717) is 10.7 Å². The van der Waals surface area contributed by atoms with Crippen molar-refractivity contribution in [1.82, 2.24) is 14.8 Å². The SMILES string of the molecule is N#Cc1ccc(CC(=O)Nc2nnns2)cc1. The third kappa shape index (κ3) is 3.06. The Hall–Kier alpha value is -2.33. The summed E-state index contributed by atoms with van der Waals surface area (Å²) in [6, 6.07) is 8.86. The number of nitrogens with zero attached hydrogens (tertiary/aromatic N) is 4. The number of anilines is 1.